The fraction of sp³-hybridized carbons (Fsp3) is 0.462. The van der Waals surface area contributed by atoms with Crippen molar-refractivity contribution >= 4 is 39.1 Å². The Hall–Kier alpha value is -2.38. The summed E-state index contributed by atoms with van der Waals surface area (Å²) in [6.07, 6.45) is 6.41. The van der Waals surface area contributed by atoms with Gasteiger partial charge in [0.1, 0.15) is 4.90 Å². The summed E-state index contributed by atoms with van der Waals surface area (Å²) >= 11 is 6.21. The molecule has 180 valence electrons. The number of carbonyl (C=O) groups excluding carboxylic acids is 2. The molecule has 0 aromatic heterocycles. The number of ketones is 1. The minimum Gasteiger partial charge on any atom is -0.454 e. The monoisotopic (exact) mass is 501 g/mol. The smallest absolute Gasteiger partial charge is 0.338 e. The number of hydrogen-bond donors (Lipinski definition) is 0. The molecule has 0 heterocycles. The van der Waals surface area contributed by atoms with Crippen LogP contribution in [0.1, 0.15) is 48.9 Å². The van der Waals surface area contributed by atoms with Crippen LogP contribution in [0.5, 0.6) is 0 Å². The van der Waals surface area contributed by atoms with Crippen LogP contribution in [-0.2, 0) is 19.6 Å². The zero-order valence-corrected chi connectivity index (χ0v) is 20.6. The Morgan fingerprint density at radius 1 is 1.00 bits per heavy atom. The van der Waals surface area contributed by atoms with Crippen LogP contribution in [0.15, 0.2) is 53.4 Å². The van der Waals surface area contributed by atoms with Gasteiger partial charge in [0.15, 0.2) is 12.4 Å². The Bertz CT molecular complexity index is 1190. The van der Waals surface area contributed by atoms with E-state index in [1.54, 1.807) is 30.3 Å². The molecule has 4 fully saturated rings. The van der Waals surface area contributed by atoms with Gasteiger partial charge in [-0.15, -0.1) is 0 Å². The van der Waals surface area contributed by atoms with Crippen molar-refractivity contribution in [1.29, 1.82) is 0 Å². The Labute approximate surface area is 205 Å². The predicted octanol–water partition coefficient (Wildman–Crippen LogP) is 5.11. The lowest BCUT2D eigenvalue weighted by Crippen LogP contribution is -2.51. The third-order valence-electron chi connectivity index (χ3n) is 7.89. The standard InChI is InChI=1S/C26H28ClNO5S/c1-28(21-5-3-2-4-6-21)34(31,32)23-12-20(7-8-22(23)27)25(30)33-16-24(29)26-13-17-9-18(14-26)11-19(10-17)15-26/h2-8,12,17-19H,9-11,13-16H2,1H3. The van der Waals surface area contributed by atoms with Crippen molar-refractivity contribution in [2.75, 3.05) is 18.0 Å². The quantitative estimate of drug-likeness (QED) is 0.492. The molecule has 0 aliphatic heterocycles. The maximum atomic E-state index is 13.2. The van der Waals surface area contributed by atoms with E-state index in [9.17, 15) is 18.0 Å². The molecule has 6 rings (SSSR count). The molecule has 0 atom stereocenters. The molecule has 8 heteroatoms. The van der Waals surface area contributed by atoms with E-state index in [-0.39, 0.29) is 33.3 Å². The van der Waals surface area contributed by atoms with E-state index < -0.39 is 16.0 Å². The summed E-state index contributed by atoms with van der Waals surface area (Å²) in [5, 5.41) is 0.00368. The Balaban J connectivity index is 1.31. The van der Waals surface area contributed by atoms with Gasteiger partial charge in [-0.25, -0.2) is 13.2 Å². The van der Waals surface area contributed by atoms with Crippen molar-refractivity contribution in [3.63, 3.8) is 0 Å². The van der Waals surface area contributed by atoms with Crippen LogP contribution in [0.25, 0.3) is 0 Å². The van der Waals surface area contributed by atoms with Crippen molar-refractivity contribution in [3.8, 4) is 0 Å². The van der Waals surface area contributed by atoms with Crippen molar-refractivity contribution in [1.82, 2.24) is 0 Å². The third-order valence-corrected chi connectivity index (χ3v) is 10.2. The van der Waals surface area contributed by atoms with Gasteiger partial charge in [0.05, 0.1) is 16.3 Å². The second kappa shape index (κ2) is 8.68. The van der Waals surface area contributed by atoms with Crippen LogP contribution in [0.3, 0.4) is 0 Å². The highest BCUT2D eigenvalue weighted by molar-refractivity contribution is 7.93. The lowest BCUT2D eigenvalue weighted by molar-refractivity contribution is -0.147. The van der Waals surface area contributed by atoms with E-state index in [0.29, 0.717) is 23.4 Å². The van der Waals surface area contributed by atoms with E-state index >= 15 is 0 Å². The molecule has 4 bridgehead atoms. The topological polar surface area (TPSA) is 80.8 Å². The number of para-hydroxylation sites is 1. The molecule has 6 nitrogen and oxygen atoms in total. The fourth-order valence-corrected chi connectivity index (χ4v) is 8.27. The number of benzene rings is 2. The summed E-state index contributed by atoms with van der Waals surface area (Å²) in [5.74, 6) is 1.14. The SMILES string of the molecule is CN(c1ccccc1)S(=O)(=O)c1cc(C(=O)OCC(=O)C23CC4CC(CC(C4)C2)C3)ccc1Cl. The number of sulfonamides is 1. The number of anilines is 1. The number of halogens is 1. The van der Waals surface area contributed by atoms with Crippen molar-refractivity contribution in [2.45, 2.75) is 43.4 Å². The fourth-order valence-electron chi connectivity index (χ4n) is 6.57. The summed E-state index contributed by atoms with van der Waals surface area (Å²) in [6, 6.07) is 12.6. The number of ether oxygens (including phenoxy) is 1. The Morgan fingerprint density at radius 2 is 1.59 bits per heavy atom. The van der Waals surface area contributed by atoms with Crippen LogP contribution in [-0.4, -0.2) is 33.8 Å². The van der Waals surface area contributed by atoms with Crippen molar-refractivity contribution < 1.29 is 22.7 Å². The number of rotatable bonds is 7. The molecule has 2 aromatic rings. The van der Waals surface area contributed by atoms with Crippen molar-refractivity contribution in [3.05, 3.63) is 59.1 Å². The summed E-state index contributed by atoms with van der Waals surface area (Å²) in [5.41, 5.74) is 0.164. The number of nitrogens with zero attached hydrogens (tertiary/aromatic N) is 1. The molecule has 4 aliphatic carbocycles. The Kier molecular flexibility index (Phi) is 5.97. The minimum atomic E-state index is -4.01. The zero-order valence-electron chi connectivity index (χ0n) is 19.1. The van der Waals surface area contributed by atoms with Crippen LogP contribution in [0.4, 0.5) is 5.69 Å². The van der Waals surface area contributed by atoms with Gasteiger partial charge >= 0.3 is 5.97 Å². The zero-order chi connectivity index (χ0) is 24.1. The van der Waals surface area contributed by atoms with E-state index in [4.69, 9.17) is 16.3 Å². The Morgan fingerprint density at radius 3 is 2.18 bits per heavy atom. The van der Waals surface area contributed by atoms with E-state index in [1.807, 2.05) is 0 Å². The van der Waals surface area contributed by atoms with Crippen molar-refractivity contribution in [2.24, 2.45) is 23.2 Å². The van der Waals surface area contributed by atoms with E-state index in [2.05, 4.69) is 0 Å². The maximum absolute atomic E-state index is 13.2. The van der Waals surface area contributed by atoms with Gasteiger partial charge in [-0.2, -0.15) is 0 Å². The molecule has 0 spiro atoms. The summed E-state index contributed by atoms with van der Waals surface area (Å²) in [6.45, 7) is -0.278. The number of carbonyl (C=O) groups is 2. The molecule has 4 aliphatic rings. The molecule has 2 aromatic carbocycles. The highest BCUT2D eigenvalue weighted by Gasteiger charge is 2.54. The van der Waals surface area contributed by atoms with Gasteiger partial charge in [-0.05, 0) is 86.6 Å². The highest BCUT2D eigenvalue weighted by Crippen LogP contribution is 2.60. The van der Waals surface area contributed by atoms with Crippen LogP contribution >= 0.6 is 11.6 Å². The minimum absolute atomic E-state index is 0.00368. The number of hydrogen-bond acceptors (Lipinski definition) is 5. The van der Waals surface area contributed by atoms with Gasteiger partial charge in [0.2, 0.25) is 0 Å². The first kappa shape index (κ1) is 23.4. The second-order valence-electron chi connectivity index (χ2n) is 10.2. The lowest BCUT2D eigenvalue weighted by atomic mass is 9.48. The molecule has 34 heavy (non-hydrogen) atoms. The first-order chi connectivity index (χ1) is 16.2. The first-order valence-corrected chi connectivity index (χ1v) is 13.5. The van der Waals surface area contributed by atoms with Crippen LogP contribution in [0.2, 0.25) is 5.02 Å². The van der Waals surface area contributed by atoms with E-state index in [1.165, 1.54) is 44.5 Å². The molecular weight excluding hydrogens is 474 g/mol. The molecule has 0 saturated heterocycles. The molecule has 0 unspecified atom stereocenters. The largest absolute Gasteiger partial charge is 0.454 e. The maximum Gasteiger partial charge on any atom is 0.338 e. The van der Waals surface area contributed by atoms with Gasteiger partial charge < -0.3 is 4.74 Å². The van der Waals surface area contributed by atoms with E-state index in [0.717, 1.165) is 23.6 Å². The molecule has 0 radical (unpaired) electrons. The third kappa shape index (κ3) is 4.13. The normalized spacial score (nSPS) is 27.4. The van der Waals surface area contributed by atoms with Gasteiger partial charge in [-0.1, -0.05) is 29.8 Å². The number of Topliss-reactive ketones (excluding diaryl/α,β-unsaturated/α-hetero) is 1. The molecule has 4 saturated carbocycles. The summed E-state index contributed by atoms with van der Waals surface area (Å²) < 4.78 is 32.9. The summed E-state index contributed by atoms with van der Waals surface area (Å²) in [7, 11) is -2.59. The molecular formula is C26H28ClNO5S. The van der Waals surface area contributed by atoms with Gasteiger partial charge in [-0.3, -0.25) is 9.10 Å². The van der Waals surface area contributed by atoms with Crippen LogP contribution in [0, 0.1) is 23.2 Å². The summed E-state index contributed by atoms with van der Waals surface area (Å²) in [4.78, 5) is 25.7. The second-order valence-corrected chi connectivity index (χ2v) is 12.5. The number of esters is 1. The molecule has 0 amide bonds. The molecule has 0 N–H and O–H groups in total. The van der Waals surface area contributed by atoms with Crippen LogP contribution < -0.4 is 4.31 Å². The average molecular weight is 502 g/mol. The average Bonchev–Trinajstić information content (AvgIpc) is 2.81. The predicted molar refractivity (Wildman–Crippen MR) is 129 cm³/mol. The van der Waals surface area contributed by atoms with Gasteiger partial charge in [0.25, 0.3) is 10.0 Å². The van der Waals surface area contributed by atoms with Gasteiger partial charge in [0, 0.05) is 12.5 Å². The first-order valence-electron chi connectivity index (χ1n) is 11.7. The lowest BCUT2D eigenvalue weighted by Gasteiger charge is -2.55. The highest BCUT2D eigenvalue weighted by atomic mass is 35.5.